The lowest BCUT2D eigenvalue weighted by atomic mass is 9.98. The van der Waals surface area contributed by atoms with Crippen LogP contribution in [0.5, 0.6) is 0 Å². The van der Waals surface area contributed by atoms with Crippen LogP contribution < -0.4 is 0 Å². The number of rotatable bonds is 4. The number of hydrogen-bond donors (Lipinski definition) is 1. The Hall–Kier alpha value is -1.62. The normalized spacial score (nSPS) is 12.3. The highest BCUT2D eigenvalue weighted by Gasteiger charge is 2.24. The SMILES string of the molecule is Cn1ccnc1C(Cc1ccccc1Br)C(=O)O. The third-order valence-electron chi connectivity index (χ3n) is 2.85. The molecule has 0 fully saturated rings. The topological polar surface area (TPSA) is 55.1 Å². The minimum absolute atomic E-state index is 0.418. The van der Waals surface area contributed by atoms with Gasteiger partial charge in [-0.2, -0.15) is 0 Å². The first kappa shape index (κ1) is 12.8. The summed E-state index contributed by atoms with van der Waals surface area (Å²) in [6.45, 7) is 0. The second-order valence-corrected chi connectivity index (χ2v) is 4.94. The average molecular weight is 309 g/mol. The van der Waals surface area contributed by atoms with Crippen molar-refractivity contribution in [3.63, 3.8) is 0 Å². The van der Waals surface area contributed by atoms with Crippen LogP contribution in [0.4, 0.5) is 0 Å². The van der Waals surface area contributed by atoms with Gasteiger partial charge in [-0.15, -0.1) is 0 Å². The minimum atomic E-state index is -0.861. The molecule has 1 atom stereocenters. The molecule has 0 aliphatic rings. The summed E-state index contributed by atoms with van der Waals surface area (Å²) in [5.41, 5.74) is 0.966. The molecule has 1 aromatic carbocycles. The lowest BCUT2D eigenvalue weighted by Gasteiger charge is -2.13. The predicted octanol–water partition coefficient (Wildman–Crippen LogP) is 2.59. The number of aromatic nitrogens is 2. The van der Waals surface area contributed by atoms with Gasteiger partial charge >= 0.3 is 5.97 Å². The zero-order valence-electron chi connectivity index (χ0n) is 9.88. The third kappa shape index (κ3) is 2.61. The smallest absolute Gasteiger partial charge is 0.314 e. The molecule has 94 valence electrons. The highest BCUT2D eigenvalue weighted by Crippen LogP contribution is 2.24. The number of carboxylic acids is 1. The summed E-state index contributed by atoms with van der Waals surface area (Å²) in [4.78, 5) is 15.5. The van der Waals surface area contributed by atoms with E-state index < -0.39 is 11.9 Å². The van der Waals surface area contributed by atoms with E-state index in [0.717, 1.165) is 10.0 Å². The van der Waals surface area contributed by atoms with Gasteiger partial charge < -0.3 is 9.67 Å². The average Bonchev–Trinajstić information content (AvgIpc) is 2.74. The van der Waals surface area contributed by atoms with Crippen molar-refractivity contribution in [2.45, 2.75) is 12.3 Å². The Morgan fingerprint density at radius 1 is 1.50 bits per heavy atom. The van der Waals surface area contributed by atoms with E-state index in [1.807, 2.05) is 24.3 Å². The Labute approximate surface area is 113 Å². The Morgan fingerprint density at radius 3 is 2.78 bits per heavy atom. The fourth-order valence-electron chi connectivity index (χ4n) is 1.89. The molecule has 18 heavy (non-hydrogen) atoms. The first-order valence-electron chi connectivity index (χ1n) is 5.53. The second kappa shape index (κ2) is 5.35. The maximum atomic E-state index is 11.4. The molecule has 0 radical (unpaired) electrons. The number of nitrogens with zero attached hydrogens (tertiary/aromatic N) is 2. The van der Waals surface area contributed by atoms with E-state index in [1.165, 1.54) is 0 Å². The summed E-state index contributed by atoms with van der Waals surface area (Å²) in [6.07, 6.45) is 3.79. The Morgan fingerprint density at radius 2 is 2.22 bits per heavy atom. The minimum Gasteiger partial charge on any atom is -0.481 e. The van der Waals surface area contributed by atoms with Crippen LogP contribution in [-0.2, 0) is 18.3 Å². The Balaban J connectivity index is 2.31. The molecule has 0 amide bonds. The van der Waals surface area contributed by atoms with E-state index >= 15 is 0 Å². The highest BCUT2D eigenvalue weighted by molar-refractivity contribution is 9.10. The van der Waals surface area contributed by atoms with Gasteiger partial charge in [-0.1, -0.05) is 34.1 Å². The summed E-state index contributed by atoms with van der Waals surface area (Å²) in [6, 6.07) is 7.64. The van der Waals surface area contributed by atoms with Crippen LogP contribution in [0, 0.1) is 0 Å². The van der Waals surface area contributed by atoms with Crippen LogP contribution in [0.2, 0.25) is 0 Å². The quantitative estimate of drug-likeness (QED) is 0.944. The number of hydrogen-bond acceptors (Lipinski definition) is 2. The largest absolute Gasteiger partial charge is 0.481 e. The molecule has 0 saturated heterocycles. The van der Waals surface area contributed by atoms with Gasteiger partial charge in [0.15, 0.2) is 0 Å². The molecule has 1 unspecified atom stereocenters. The molecule has 1 aromatic heterocycles. The molecule has 1 N–H and O–H groups in total. The highest BCUT2D eigenvalue weighted by atomic mass is 79.9. The molecule has 0 bridgehead atoms. The predicted molar refractivity (Wildman–Crippen MR) is 71.4 cm³/mol. The van der Waals surface area contributed by atoms with Crippen LogP contribution in [0.3, 0.4) is 0 Å². The number of aliphatic carboxylic acids is 1. The van der Waals surface area contributed by atoms with Crippen LogP contribution in [0.15, 0.2) is 41.1 Å². The van der Waals surface area contributed by atoms with Crippen molar-refractivity contribution in [1.29, 1.82) is 0 Å². The molecule has 2 rings (SSSR count). The van der Waals surface area contributed by atoms with Crippen LogP contribution in [0.25, 0.3) is 0 Å². The van der Waals surface area contributed by atoms with Crippen molar-refractivity contribution >= 4 is 21.9 Å². The number of carboxylic acid groups (broad SMARTS) is 1. The van der Waals surface area contributed by atoms with Gasteiger partial charge in [0.25, 0.3) is 0 Å². The standard InChI is InChI=1S/C13H13BrN2O2/c1-16-7-6-15-12(16)10(13(17)18)8-9-4-2-3-5-11(9)14/h2-7,10H,8H2,1H3,(H,17,18). The monoisotopic (exact) mass is 308 g/mol. The van der Waals surface area contributed by atoms with Crippen LogP contribution in [0.1, 0.15) is 17.3 Å². The van der Waals surface area contributed by atoms with Crippen molar-refractivity contribution in [3.8, 4) is 0 Å². The summed E-state index contributed by atoms with van der Waals surface area (Å²) in [5, 5.41) is 9.35. The summed E-state index contributed by atoms with van der Waals surface area (Å²) < 4.78 is 2.67. The summed E-state index contributed by atoms with van der Waals surface area (Å²) in [7, 11) is 1.80. The van der Waals surface area contributed by atoms with E-state index in [1.54, 1.807) is 24.0 Å². The van der Waals surface area contributed by atoms with Gasteiger partial charge in [-0.25, -0.2) is 4.98 Å². The number of imidazole rings is 1. The van der Waals surface area contributed by atoms with E-state index in [9.17, 15) is 9.90 Å². The molecule has 2 aromatic rings. The van der Waals surface area contributed by atoms with Crippen molar-refractivity contribution in [2.75, 3.05) is 0 Å². The van der Waals surface area contributed by atoms with E-state index in [4.69, 9.17) is 0 Å². The van der Waals surface area contributed by atoms with Crippen molar-refractivity contribution in [2.24, 2.45) is 7.05 Å². The number of carbonyl (C=O) groups is 1. The van der Waals surface area contributed by atoms with Gasteiger partial charge in [0, 0.05) is 23.9 Å². The molecule has 5 heteroatoms. The zero-order chi connectivity index (χ0) is 13.1. The maximum Gasteiger partial charge on any atom is 0.314 e. The molecular weight excluding hydrogens is 296 g/mol. The first-order chi connectivity index (χ1) is 8.59. The van der Waals surface area contributed by atoms with Crippen LogP contribution in [-0.4, -0.2) is 20.6 Å². The van der Waals surface area contributed by atoms with E-state index in [2.05, 4.69) is 20.9 Å². The Kier molecular flexibility index (Phi) is 3.81. The van der Waals surface area contributed by atoms with Crippen LogP contribution >= 0.6 is 15.9 Å². The number of benzene rings is 1. The Bertz CT molecular complexity index is 566. The molecule has 1 heterocycles. The van der Waals surface area contributed by atoms with Crippen molar-refractivity contribution in [3.05, 3.63) is 52.5 Å². The maximum absolute atomic E-state index is 11.4. The summed E-state index contributed by atoms with van der Waals surface area (Å²) in [5.74, 6) is -0.929. The van der Waals surface area contributed by atoms with Gasteiger partial charge in [-0.05, 0) is 18.1 Å². The van der Waals surface area contributed by atoms with Gasteiger partial charge in [0.05, 0.1) is 0 Å². The zero-order valence-corrected chi connectivity index (χ0v) is 11.5. The number of halogens is 1. The molecule has 0 saturated carbocycles. The third-order valence-corrected chi connectivity index (χ3v) is 3.62. The molecule has 4 nitrogen and oxygen atoms in total. The number of aryl methyl sites for hydroxylation is 1. The second-order valence-electron chi connectivity index (χ2n) is 4.08. The summed E-state index contributed by atoms with van der Waals surface area (Å²) >= 11 is 3.44. The van der Waals surface area contributed by atoms with Crippen molar-refractivity contribution < 1.29 is 9.90 Å². The van der Waals surface area contributed by atoms with E-state index in [-0.39, 0.29) is 0 Å². The van der Waals surface area contributed by atoms with Gasteiger partial charge in [0.1, 0.15) is 11.7 Å². The molecule has 0 aliphatic carbocycles. The fraction of sp³-hybridized carbons (Fsp3) is 0.231. The van der Waals surface area contributed by atoms with Gasteiger partial charge in [0.2, 0.25) is 0 Å². The fourth-order valence-corrected chi connectivity index (χ4v) is 2.33. The van der Waals surface area contributed by atoms with Gasteiger partial charge in [-0.3, -0.25) is 4.79 Å². The lowest BCUT2D eigenvalue weighted by Crippen LogP contribution is -2.18. The van der Waals surface area contributed by atoms with E-state index in [0.29, 0.717) is 12.2 Å². The molecule has 0 spiro atoms. The molecule has 0 aliphatic heterocycles. The molecular formula is C13H13BrN2O2. The van der Waals surface area contributed by atoms with Crippen molar-refractivity contribution in [1.82, 2.24) is 9.55 Å². The lowest BCUT2D eigenvalue weighted by molar-refractivity contribution is -0.139. The first-order valence-corrected chi connectivity index (χ1v) is 6.32.